The van der Waals surface area contributed by atoms with E-state index in [2.05, 4.69) is 28.4 Å². The number of nitrogens with one attached hydrogen (secondary N) is 1. The molecule has 138 valence electrons. The topological polar surface area (TPSA) is 59.3 Å². The zero-order valence-corrected chi connectivity index (χ0v) is 15.5. The highest BCUT2D eigenvalue weighted by molar-refractivity contribution is 5.95. The fraction of sp³-hybridized carbons (Fsp3) is 0.174. The van der Waals surface area contributed by atoms with Crippen molar-refractivity contribution in [3.05, 3.63) is 84.6 Å². The molecule has 3 heterocycles. The van der Waals surface area contributed by atoms with Crippen LogP contribution in [0.1, 0.15) is 23.6 Å². The number of fused-ring (bicyclic) bond motifs is 1. The fourth-order valence-electron chi connectivity index (χ4n) is 3.71. The standard InChI is InChI=1S/C23H20N4O/c1-15-7-8-17(11-18(15)16-13-25-22-6-4-10-27(22)14-16)26-23(28)20-12-19(20)21-5-2-3-9-24-21/h2-11,13-14,19-20H,12H2,1H3,(H,26,28)/t19-,20+/m1/s1. The van der Waals surface area contributed by atoms with E-state index < -0.39 is 0 Å². The lowest BCUT2D eigenvalue weighted by Crippen LogP contribution is -2.14. The highest BCUT2D eigenvalue weighted by atomic mass is 16.2. The van der Waals surface area contributed by atoms with Gasteiger partial charge in [-0.05, 0) is 60.9 Å². The van der Waals surface area contributed by atoms with E-state index in [1.165, 1.54) is 0 Å². The van der Waals surface area contributed by atoms with Crippen LogP contribution in [0.2, 0.25) is 0 Å². The Balaban J connectivity index is 1.36. The molecule has 5 nitrogen and oxygen atoms in total. The highest BCUT2D eigenvalue weighted by Crippen LogP contribution is 2.47. The van der Waals surface area contributed by atoms with Crippen LogP contribution in [0.3, 0.4) is 0 Å². The molecule has 1 N–H and O–H groups in total. The normalized spacial score (nSPS) is 18.2. The molecule has 0 saturated heterocycles. The molecular weight excluding hydrogens is 348 g/mol. The summed E-state index contributed by atoms with van der Waals surface area (Å²) in [5.41, 5.74) is 5.96. The second-order valence-corrected chi connectivity index (χ2v) is 7.34. The minimum absolute atomic E-state index is 0.00227. The monoisotopic (exact) mass is 368 g/mol. The molecular formula is C23H20N4O. The van der Waals surface area contributed by atoms with Crippen molar-refractivity contribution < 1.29 is 4.79 Å². The van der Waals surface area contributed by atoms with E-state index in [1.807, 2.05) is 65.3 Å². The first kappa shape index (κ1) is 16.7. The van der Waals surface area contributed by atoms with Gasteiger partial charge in [-0.3, -0.25) is 9.78 Å². The molecule has 0 aliphatic heterocycles. The summed E-state index contributed by atoms with van der Waals surface area (Å²) >= 11 is 0. The SMILES string of the molecule is Cc1ccc(NC(=O)[C@H]2C[C@H]2c2ccccn2)cc1-c1cnc2cccn2c1. The first-order chi connectivity index (χ1) is 13.7. The maximum Gasteiger partial charge on any atom is 0.228 e. The van der Waals surface area contributed by atoms with Crippen LogP contribution in [0.15, 0.2) is 73.3 Å². The molecule has 1 aliphatic carbocycles. The second-order valence-electron chi connectivity index (χ2n) is 7.34. The van der Waals surface area contributed by atoms with Gasteiger partial charge in [0.15, 0.2) is 0 Å². The van der Waals surface area contributed by atoms with Gasteiger partial charge in [0.25, 0.3) is 0 Å². The van der Waals surface area contributed by atoms with E-state index in [0.717, 1.165) is 40.1 Å². The molecule has 2 atom stereocenters. The average molecular weight is 368 g/mol. The third-order valence-electron chi connectivity index (χ3n) is 5.38. The van der Waals surface area contributed by atoms with Crippen LogP contribution in [0.5, 0.6) is 0 Å². The Kier molecular flexibility index (Phi) is 3.93. The van der Waals surface area contributed by atoms with Gasteiger partial charge in [-0.15, -0.1) is 0 Å². The lowest BCUT2D eigenvalue weighted by molar-refractivity contribution is -0.117. The van der Waals surface area contributed by atoms with Gasteiger partial charge in [0.1, 0.15) is 5.65 Å². The largest absolute Gasteiger partial charge is 0.326 e. The second kappa shape index (κ2) is 6.60. The third-order valence-corrected chi connectivity index (χ3v) is 5.38. The quantitative estimate of drug-likeness (QED) is 0.579. The number of pyridine rings is 1. The highest BCUT2D eigenvalue weighted by Gasteiger charge is 2.44. The van der Waals surface area contributed by atoms with Crippen molar-refractivity contribution in [3.8, 4) is 11.1 Å². The molecule has 5 rings (SSSR count). The van der Waals surface area contributed by atoms with Gasteiger partial charge >= 0.3 is 0 Å². The Morgan fingerprint density at radius 2 is 2.07 bits per heavy atom. The number of aryl methyl sites for hydroxylation is 1. The number of nitrogens with zero attached hydrogens (tertiary/aromatic N) is 3. The molecule has 1 aromatic carbocycles. The van der Waals surface area contributed by atoms with E-state index in [0.29, 0.717) is 0 Å². The molecule has 1 aliphatic rings. The van der Waals surface area contributed by atoms with Gasteiger partial charge in [-0.2, -0.15) is 0 Å². The van der Waals surface area contributed by atoms with Gasteiger partial charge in [-0.1, -0.05) is 12.1 Å². The summed E-state index contributed by atoms with van der Waals surface area (Å²) in [6.07, 6.45) is 8.56. The number of carbonyl (C=O) groups is 1. The molecule has 28 heavy (non-hydrogen) atoms. The molecule has 0 spiro atoms. The van der Waals surface area contributed by atoms with Crippen LogP contribution < -0.4 is 5.32 Å². The Bertz CT molecular complexity index is 1170. The smallest absolute Gasteiger partial charge is 0.228 e. The first-order valence-electron chi connectivity index (χ1n) is 9.44. The van der Waals surface area contributed by atoms with E-state index in [1.54, 1.807) is 6.20 Å². The van der Waals surface area contributed by atoms with Crippen LogP contribution in [-0.2, 0) is 4.79 Å². The van der Waals surface area contributed by atoms with Crippen LogP contribution in [0.25, 0.3) is 16.8 Å². The maximum absolute atomic E-state index is 12.7. The minimum Gasteiger partial charge on any atom is -0.326 e. The van der Waals surface area contributed by atoms with E-state index in [4.69, 9.17) is 0 Å². The number of amides is 1. The number of hydrogen-bond acceptors (Lipinski definition) is 3. The number of hydrogen-bond donors (Lipinski definition) is 1. The Labute approximate surface area is 163 Å². The maximum atomic E-state index is 12.7. The van der Waals surface area contributed by atoms with Crippen molar-refractivity contribution in [2.24, 2.45) is 5.92 Å². The van der Waals surface area contributed by atoms with Crippen LogP contribution in [0.4, 0.5) is 5.69 Å². The Morgan fingerprint density at radius 1 is 1.14 bits per heavy atom. The molecule has 0 radical (unpaired) electrons. The number of aromatic nitrogens is 3. The first-order valence-corrected chi connectivity index (χ1v) is 9.44. The number of rotatable bonds is 4. The molecule has 0 unspecified atom stereocenters. The van der Waals surface area contributed by atoms with Crippen molar-refractivity contribution >= 4 is 17.2 Å². The van der Waals surface area contributed by atoms with Crippen molar-refractivity contribution in [3.63, 3.8) is 0 Å². The van der Waals surface area contributed by atoms with Crippen molar-refractivity contribution in [1.29, 1.82) is 0 Å². The van der Waals surface area contributed by atoms with Crippen molar-refractivity contribution in [2.75, 3.05) is 5.32 Å². The predicted octanol–water partition coefficient (Wildman–Crippen LogP) is 4.45. The molecule has 0 bridgehead atoms. The lowest BCUT2D eigenvalue weighted by atomic mass is 10.0. The lowest BCUT2D eigenvalue weighted by Gasteiger charge is -2.11. The molecule has 1 amide bonds. The minimum atomic E-state index is -0.00227. The predicted molar refractivity (Wildman–Crippen MR) is 109 cm³/mol. The van der Waals surface area contributed by atoms with E-state index in [9.17, 15) is 4.79 Å². The Hall–Kier alpha value is -3.47. The molecule has 1 fully saturated rings. The zero-order chi connectivity index (χ0) is 19.1. The summed E-state index contributed by atoms with van der Waals surface area (Å²) in [5.74, 6) is 0.286. The molecule has 4 aromatic rings. The van der Waals surface area contributed by atoms with Crippen molar-refractivity contribution in [2.45, 2.75) is 19.3 Å². The van der Waals surface area contributed by atoms with Gasteiger partial charge in [0.05, 0.1) is 0 Å². The zero-order valence-electron chi connectivity index (χ0n) is 15.5. The van der Waals surface area contributed by atoms with Gasteiger partial charge in [0.2, 0.25) is 5.91 Å². The summed E-state index contributed by atoms with van der Waals surface area (Å²) in [6.45, 7) is 2.07. The average Bonchev–Trinajstić information content (AvgIpc) is 3.40. The number of benzene rings is 1. The summed E-state index contributed by atoms with van der Waals surface area (Å²) < 4.78 is 2.00. The Morgan fingerprint density at radius 3 is 2.93 bits per heavy atom. The van der Waals surface area contributed by atoms with E-state index in [-0.39, 0.29) is 17.7 Å². The summed E-state index contributed by atoms with van der Waals surface area (Å²) in [6, 6.07) is 15.8. The van der Waals surface area contributed by atoms with Crippen LogP contribution in [-0.4, -0.2) is 20.3 Å². The van der Waals surface area contributed by atoms with Gasteiger partial charge < -0.3 is 9.72 Å². The summed E-state index contributed by atoms with van der Waals surface area (Å²) in [5, 5.41) is 3.08. The van der Waals surface area contributed by atoms with Crippen molar-refractivity contribution in [1.82, 2.24) is 14.4 Å². The molecule has 3 aromatic heterocycles. The molecule has 5 heteroatoms. The van der Waals surface area contributed by atoms with E-state index >= 15 is 0 Å². The number of carbonyl (C=O) groups excluding carboxylic acids is 1. The van der Waals surface area contributed by atoms with Gasteiger partial charge in [0, 0.05) is 53.6 Å². The fourth-order valence-corrected chi connectivity index (χ4v) is 3.71. The number of anilines is 1. The summed E-state index contributed by atoms with van der Waals surface area (Å²) in [7, 11) is 0. The summed E-state index contributed by atoms with van der Waals surface area (Å²) in [4.78, 5) is 21.6. The third kappa shape index (κ3) is 3.05. The van der Waals surface area contributed by atoms with Gasteiger partial charge in [-0.25, -0.2) is 4.98 Å². The molecule has 1 saturated carbocycles. The van der Waals surface area contributed by atoms with Crippen LogP contribution >= 0.6 is 0 Å². The van der Waals surface area contributed by atoms with Crippen LogP contribution in [0, 0.1) is 12.8 Å².